The number of nitrogens with zero attached hydrogens (tertiary/aromatic N) is 2. The Kier molecular flexibility index (Phi) is 6.89. The molecule has 10 heteroatoms. The maximum Gasteiger partial charge on any atom is 0.237 e. The van der Waals surface area contributed by atoms with Gasteiger partial charge in [0.15, 0.2) is 4.34 Å². The van der Waals surface area contributed by atoms with Crippen LogP contribution in [0.4, 0.5) is 20.9 Å². The predicted octanol–water partition coefficient (Wildman–Crippen LogP) is 4.56. The minimum atomic E-state index is -0.429. The topological polar surface area (TPSA) is 85.4 Å². The van der Waals surface area contributed by atoms with Crippen molar-refractivity contribution in [3.8, 4) is 11.5 Å². The molecule has 1 heterocycles. The number of nitrogens with one attached hydrogen (secondary N) is 2. The second kappa shape index (κ2) is 9.57. The Morgan fingerprint density at radius 1 is 1.14 bits per heavy atom. The number of hydrogen-bond acceptors (Lipinski definition) is 8. The highest BCUT2D eigenvalue weighted by molar-refractivity contribution is 8.02. The van der Waals surface area contributed by atoms with Gasteiger partial charge in [0.2, 0.25) is 11.0 Å². The lowest BCUT2D eigenvalue weighted by Gasteiger charge is -2.12. The summed E-state index contributed by atoms with van der Waals surface area (Å²) in [5, 5.41) is 13.8. The Balaban J connectivity index is 1.62. The number of carbonyl (C=O) groups excluding carboxylic acids is 1. The first kappa shape index (κ1) is 20.9. The molecule has 2 N–H and O–H groups in total. The Labute approximate surface area is 175 Å². The Hall–Kier alpha value is -2.85. The van der Waals surface area contributed by atoms with E-state index >= 15 is 0 Å². The Bertz CT molecular complexity index is 977. The van der Waals surface area contributed by atoms with Crippen LogP contribution in [0.15, 0.2) is 46.8 Å². The average molecular weight is 435 g/mol. The highest BCUT2D eigenvalue weighted by atomic mass is 32.2. The van der Waals surface area contributed by atoms with Crippen molar-refractivity contribution in [1.29, 1.82) is 0 Å². The molecular weight excluding hydrogens is 415 g/mol. The summed E-state index contributed by atoms with van der Waals surface area (Å²) < 4.78 is 24.7. The number of ether oxygens (including phenoxy) is 2. The first-order valence-electron chi connectivity index (χ1n) is 8.54. The van der Waals surface area contributed by atoms with E-state index in [0.29, 0.717) is 32.3 Å². The van der Waals surface area contributed by atoms with Crippen LogP contribution in [0.5, 0.6) is 11.5 Å². The lowest BCUT2D eigenvalue weighted by Crippen LogP contribution is -2.22. The standard InChI is InChI=1S/C19H19FN4O3S2/c1-11(17(25)21-12-8-13(26-2)10-14(9-12)27-3)28-19-24-23-18(29-19)22-16-7-5-4-6-15(16)20/h4-11H,1-3H3,(H,21,25)(H,22,23). The van der Waals surface area contributed by atoms with Crippen molar-refractivity contribution in [2.45, 2.75) is 16.5 Å². The second-order valence-electron chi connectivity index (χ2n) is 5.83. The van der Waals surface area contributed by atoms with E-state index in [1.54, 1.807) is 57.5 Å². The van der Waals surface area contributed by atoms with Crippen molar-refractivity contribution in [3.63, 3.8) is 0 Å². The van der Waals surface area contributed by atoms with Crippen molar-refractivity contribution in [1.82, 2.24) is 10.2 Å². The first-order valence-corrected chi connectivity index (χ1v) is 10.2. The minimum Gasteiger partial charge on any atom is -0.497 e. The maximum absolute atomic E-state index is 13.7. The molecule has 1 aromatic heterocycles. The number of benzene rings is 2. The monoisotopic (exact) mass is 434 g/mol. The van der Waals surface area contributed by atoms with E-state index in [4.69, 9.17) is 9.47 Å². The van der Waals surface area contributed by atoms with Crippen LogP contribution in [-0.4, -0.2) is 35.6 Å². The number of halogens is 1. The van der Waals surface area contributed by atoms with Crippen LogP contribution in [0.25, 0.3) is 0 Å². The van der Waals surface area contributed by atoms with Crippen LogP contribution in [0, 0.1) is 5.82 Å². The molecule has 0 bridgehead atoms. The molecule has 2 aromatic carbocycles. The van der Waals surface area contributed by atoms with Gasteiger partial charge in [0.1, 0.15) is 17.3 Å². The van der Waals surface area contributed by atoms with Crippen LogP contribution in [0.1, 0.15) is 6.92 Å². The SMILES string of the molecule is COc1cc(NC(=O)C(C)Sc2nnc(Nc3ccccc3F)s2)cc(OC)c1. The number of methoxy groups -OCH3 is 2. The molecule has 3 rings (SSSR count). The highest BCUT2D eigenvalue weighted by Crippen LogP contribution is 2.32. The normalized spacial score (nSPS) is 11.6. The molecule has 0 saturated heterocycles. The summed E-state index contributed by atoms with van der Waals surface area (Å²) in [5.41, 5.74) is 0.885. The minimum absolute atomic E-state index is 0.205. The Morgan fingerprint density at radius 3 is 2.48 bits per heavy atom. The molecule has 0 spiro atoms. The van der Waals surface area contributed by atoms with Gasteiger partial charge >= 0.3 is 0 Å². The van der Waals surface area contributed by atoms with E-state index in [1.807, 2.05) is 0 Å². The zero-order chi connectivity index (χ0) is 20.8. The molecule has 1 unspecified atom stereocenters. The van der Waals surface area contributed by atoms with Crippen LogP contribution in [0.2, 0.25) is 0 Å². The van der Waals surface area contributed by atoms with E-state index in [-0.39, 0.29) is 11.7 Å². The third-order valence-electron chi connectivity index (χ3n) is 3.79. The molecule has 29 heavy (non-hydrogen) atoms. The summed E-state index contributed by atoms with van der Waals surface area (Å²) in [4.78, 5) is 12.5. The molecule has 3 aromatic rings. The number of carbonyl (C=O) groups is 1. The number of hydrogen-bond donors (Lipinski definition) is 2. The molecule has 0 saturated carbocycles. The van der Waals surface area contributed by atoms with Gasteiger partial charge in [-0.2, -0.15) is 0 Å². The van der Waals surface area contributed by atoms with E-state index in [0.717, 1.165) is 0 Å². The fourth-order valence-electron chi connectivity index (χ4n) is 2.31. The van der Waals surface area contributed by atoms with Gasteiger partial charge in [-0.05, 0) is 19.1 Å². The fourth-order valence-corrected chi connectivity index (χ4v) is 4.22. The molecule has 0 fully saturated rings. The van der Waals surface area contributed by atoms with E-state index in [2.05, 4.69) is 20.8 Å². The summed E-state index contributed by atoms with van der Waals surface area (Å²) in [7, 11) is 3.09. The molecule has 0 aliphatic rings. The number of aromatic nitrogens is 2. The first-order chi connectivity index (χ1) is 14.0. The zero-order valence-corrected chi connectivity index (χ0v) is 17.6. The fraction of sp³-hybridized carbons (Fsp3) is 0.211. The van der Waals surface area contributed by atoms with Gasteiger partial charge in [0, 0.05) is 23.9 Å². The summed E-state index contributed by atoms with van der Waals surface area (Å²) in [6.45, 7) is 1.77. The third kappa shape index (κ3) is 5.58. The van der Waals surface area contributed by atoms with E-state index in [9.17, 15) is 9.18 Å². The van der Waals surface area contributed by atoms with Crippen molar-refractivity contribution in [3.05, 3.63) is 48.3 Å². The predicted molar refractivity (Wildman–Crippen MR) is 113 cm³/mol. The number of anilines is 3. The second-order valence-corrected chi connectivity index (χ2v) is 8.39. The molecule has 0 radical (unpaired) electrons. The summed E-state index contributed by atoms with van der Waals surface area (Å²) in [6, 6.07) is 11.4. The van der Waals surface area contributed by atoms with Crippen LogP contribution < -0.4 is 20.1 Å². The van der Waals surface area contributed by atoms with Gasteiger partial charge in [-0.25, -0.2) is 4.39 Å². The lowest BCUT2D eigenvalue weighted by atomic mass is 10.2. The molecule has 0 aliphatic heterocycles. The number of para-hydroxylation sites is 1. The summed E-state index contributed by atoms with van der Waals surface area (Å²) in [6.07, 6.45) is 0. The van der Waals surface area contributed by atoms with Gasteiger partial charge in [0.25, 0.3) is 0 Å². The highest BCUT2D eigenvalue weighted by Gasteiger charge is 2.18. The zero-order valence-electron chi connectivity index (χ0n) is 15.9. The van der Waals surface area contributed by atoms with E-state index < -0.39 is 5.25 Å². The number of thioether (sulfide) groups is 1. The van der Waals surface area contributed by atoms with Crippen LogP contribution >= 0.6 is 23.1 Å². The van der Waals surface area contributed by atoms with Gasteiger partial charge in [-0.1, -0.05) is 35.2 Å². The molecule has 1 atom stereocenters. The molecule has 0 aliphatic carbocycles. The smallest absolute Gasteiger partial charge is 0.237 e. The van der Waals surface area contributed by atoms with Crippen LogP contribution in [-0.2, 0) is 4.79 Å². The number of rotatable bonds is 8. The maximum atomic E-state index is 13.7. The number of amides is 1. The largest absolute Gasteiger partial charge is 0.497 e. The van der Waals surface area contributed by atoms with Crippen LogP contribution in [0.3, 0.4) is 0 Å². The van der Waals surface area contributed by atoms with E-state index in [1.165, 1.54) is 29.2 Å². The van der Waals surface area contributed by atoms with Crippen molar-refractivity contribution in [2.24, 2.45) is 0 Å². The summed E-state index contributed by atoms with van der Waals surface area (Å²) in [5.74, 6) is 0.573. The quantitative estimate of drug-likeness (QED) is 0.503. The van der Waals surface area contributed by atoms with Crippen molar-refractivity contribution in [2.75, 3.05) is 24.9 Å². The van der Waals surface area contributed by atoms with Crippen molar-refractivity contribution >= 4 is 45.5 Å². The molecule has 7 nitrogen and oxygen atoms in total. The van der Waals surface area contributed by atoms with Gasteiger partial charge < -0.3 is 20.1 Å². The average Bonchev–Trinajstić information content (AvgIpc) is 3.16. The lowest BCUT2D eigenvalue weighted by molar-refractivity contribution is -0.115. The van der Waals surface area contributed by atoms with Gasteiger partial charge in [-0.15, -0.1) is 10.2 Å². The molecular formula is C19H19FN4O3S2. The molecule has 1 amide bonds. The van der Waals surface area contributed by atoms with Gasteiger partial charge in [-0.3, -0.25) is 4.79 Å². The molecule has 152 valence electrons. The summed E-state index contributed by atoms with van der Waals surface area (Å²) >= 11 is 2.51. The Morgan fingerprint density at radius 2 is 1.83 bits per heavy atom. The third-order valence-corrected chi connectivity index (χ3v) is 5.81. The van der Waals surface area contributed by atoms with Crippen molar-refractivity contribution < 1.29 is 18.7 Å². The van der Waals surface area contributed by atoms with Gasteiger partial charge in [0.05, 0.1) is 25.2 Å².